The third kappa shape index (κ3) is 5.38. The zero-order chi connectivity index (χ0) is 25.2. The number of carbonyl (C=O) groups is 1. The van der Waals surface area contributed by atoms with Crippen LogP contribution in [0, 0.1) is 5.82 Å². The molecule has 1 heterocycles. The molecule has 0 radical (unpaired) electrons. The summed E-state index contributed by atoms with van der Waals surface area (Å²) >= 11 is 11.9. The summed E-state index contributed by atoms with van der Waals surface area (Å²) in [4.78, 5) is 14.6. The molecule has 1 fully saturated rings. The lowest BCUT2D eigenvalue weighted by Crippen LogP contribution is -2.48. The first-order chi connectivity index (χ1) is 16.7. The van der Waals surface area contributed by atoms with Gasteiger partial charge in [0.05, 0.1) is 34.0 Å². The molecule has 7 nitrogen and oxygen atoms in total. The summed E-state index contributed by atoms with van der Waals surface area (Å²) in [7, 11) is -2.37. The van der Waals surface area contributed by atoms with E-state index in [9.17, 15) is 17.6 Å². The summed E-state index contributed by atoms with van der Waals surface area (Å²) in [6.07, 6.45) is 0. The molecule has 0 aromatic heterocycles. The van der Waals surface area contributed by atoms with E-state index in [1.54, 1.807) is 7.11 Å². The van der Waals surface area contributed by atoms with E-state index >= 15 is 0 Å². The number of nitrogens with zero attached hydrogens (tertiary/aromatic N) is 2. The molecule has 0 saturated carbocycles. The number of rotatable bonds is 6. The number of methoxy groups -OCH3 is 1. The van der Waals surface area contributed by atoms with Crippen molar-refractivity contribution >= 4 is 50.5 Å². The molecule has 3 aromatic carbocycles. The number of benzene rings is 3. The van der Waals surface area contributed by atoms with Crippen molar-refractivity contribution in [3.8, 4) is 5.75 Å². The highest BCUT2D eigenvalue weighted by Crippen LogP contribution is 2.30. The van der Waals surface area contributed by atoms with Gasteiger partial charge >= 0.3 is 0 Å². The Balaban J connectivity index is 1.52. The quantitative estimate of drug-likeness (QED) is 0.483. The van der Waals surface area contributed by atoms with E-state index in [-0.39, 0.29) is 28.7 Å². The summed E-state index contributed by atoms with van der Waals surface area (Å²) < 4.78 is 47.8. The largest absolute Gasteiger partial charge is 0.495 e. The molecule has 3 aromatic rings. The van der Waals surface area contributed by atoms with Crippen LogP contribution < -0.4 is 15.0 Å². The number of piperazine rings is 1. The lowest BCUT2D eigenvalue weighted by Gasteiger charge is -2.36. The second kappa shape index (κ2) is 10.4. The van der Waals surface area contributed by atoms with Gasteiger partial charge < -0.3 is 15.0 Å². The zero-order valence-corrected chi connectivity index (χ0v) is 21.0. The number of halogens is 3. The van der Waals surface area contributed by atoms with Gasteiger partial charge in [0.25, 0.3) is 5.91 Å². The van der Waals surface area contributed by atoms with Crippen molar-refractivity contribution in [2.75, 3.05) is 43.5 Å². The number of sulfonamides is 1. The molecule has 4 rings (SSSR count). The maximum absolute atomic E-state index is 14.5. The monoisotopic (exact) mass is 537 g/mol. The van der Waals surface area contributed by atoms with Gasteiger partial charge in [-0.25, -0.2) is 12.8 Å². The molecular formula is C24H22Cl2FN3O4S. The van der Waals surface area contributed by atoms with E-state index < -0.39 is 27.3 Å². The van der Waals surface area contributed by atoms with Gasteiger partial charge in [-0.3, -0.25) is 4.79 Å². The Morgan fingerprint density at radius 2 is 1.71 bits per heavy atom. The van der Waals surface area contributed by atoms with Crippen LogP contribution in [0.3, 0.4) is 0 Å². The van der Waals surface area contributed by atoms with Crippen LogP contribution >= 0.6 is 23.2 Å². The summed E-state index contributed by atoms with van der Waals surface area (Å²) in [5, 5.41) is 3.03. The maximum atomic E-state index is 14.5. The van der Waals surface area contributed by atoms with Crippen molar-refractivity contribution in [3.05, 3.63) is 82.1 Å². The predicted octanol–water partition coefficient (Wildman–Crippen LogP) is 4.90. The smallest absolute Gasteiger partial charge is 0.258 e. The predicted molar refractivity (Wildman–Crippen MR) is 135 cm³/mol. The SMILES string of the molecule is COc1ccccc1N1CCN(S(=O)(=O)c2ccc(F)c(C(=O)Nc3ccc(Cl)cc3Cl)c2)CC1. The van der Waals surface area contributed by atoms with E-state index in [1.807, 2.05) is 29.2 Å². The van der Waals surface area contributed by atoms with Gasteiger partial charge in [0.1, 0.15) is 11.6 Å². The molecule has 0 spiro atoms. The highest BCUT2D eigenvalue weighted by molar-refractivity contribution is 7.89. The van der Waals surface area contributed by atoms with Crippen molar-refractivity contribution in [2.45, 2.75) is 4.90 Å². The molecule has 1 saturated heterocycles. The standard InChI is InChI=1S/C24H22Cl2FN3O4S/c1-34-23-5-3-2-4-22(23)29-10-12-30(13-11-29)35(32,33)17-7-8-20(27)18(15-17)24(31)28-21-9-6-16(25)14-19(21)26/h2-9,14-15H,10-13H2,1H3,(H,28,31). The molecule has 1 N–H and O–H groups in total. The highest BCUT2D eigenvalue weighted by Gasteiger charge is 2.30. The van der Waals surface area contributed by atoms with Crippen molar-refractivity contribution in [3.63, 3.8) is 0 Å². The topological polar surface area (TPSA) is 79.0 Å². The van der Waals surface area contributed by atoms with E-state index in [2.05, 4.69) is 5.32 Å². The molecule has 0 aliphatic carbocycles. The Labute approximate surface area is 213 Å². The minimum atomic E-state index is -3.96. The molecule has 11 heteroatoms. The number of anilines is 2. The Morgan fingerprint density at radius 1 is 1.00 bits per heavy atom. The minimum Gasteiger partial charge on any atom is -0.495 e. The summed E-state index contributed by atoms with van der Waals surface area (Å²) in [5.41, 5.74) is 0.694. The first-order valence-corrected chi connectivity index (χ1v) is 12.8. The molecular weight excluding hydrogens is 516 g/mol. The average molecular weight is 538 g/mol. The Morgan fingerprint density at radius 3 is 2.40 bits per heavy atom. The second-order valence-corrected chi connectivity index (χ2v) is 10.6. The number of nitrogens with one attached hydrogen (secondary N) is 1. The number of amides is 1. The van der Waals surface area contributed by atoms with Crippen LogP contribution in [0.5, 0.6) is 5.75 Å². The lowest BCUT2D eigenvalue weighted by atomic mass is 10.2. The number of carbonyl (C=O) groups excluding carboxylic acids is 1. The molecule has 184 valence electrons. The number of ether oxygens (including phenoxy) is 1. The lowest BCUT2D eigenvalue weighted by molar-refractivity contribution is 0.102. The molecule has 1 amide bonds. The summed E-state index contributed by atoms with van der Waals surface area (Å²) in [6, 6.07) is 15.1. The Hall–Kier alpha value is -2.85. The second-order valence-electron chi connectivity index (χ2n) is 7.78. The van der Waals surface area contributed by atoms with Gasteiger partial charge in [-0.2, -0.15) is 4.31 Å². The van der Waals surface area contributed by atoms with Crippen LogP contribution in [0.25, 0.3) is 0 Å². The van der Waals surface area contributed by atoms with Crippen molar-refractivity contribution in [1.82, 2.24) is 4.31 Å². The van der Waals surface area contributed by atoms with E-state index in [0.29, 0.717) is 23.9 Å². The van der Waals surface area contributed by atoms with Crippen molar-refractivity contribution in [2.24, 2.45) is 0 Å². The normalized spacial score (nSPS) is 14.6. The fourth-order valence-electron chi connectivity index (χ4n) is 3.83. The van der Waals surface area contributed by atoms with Crippen LogP contribution in [0.4, 0.5) is 15.8 Å². The Kier molecular flexibility index (Phi) is 7.51. The van der Waals surface area contributed by atoms with Crippen LogP contribution in [0.15, 0.2) is 65.6 Å². The van der Waals surface area contributed by atoms with Crippen LogP contribution in [-0.2, 0) is 10.0 Å². The van der Waals surface area contributed by atoms with Crippen molar-refractivity contribution in [1.29, 1.82) is 0 Å². The molecule has 0 bridgehead atoms. The van der Waals surface area contributed by atoms with Crippen molar-refractivity contribution < 1.29 is 22.3 Å². The van der Waals surface area contributed by atoms with Crippen LogP contribution in [0.1, 0.15) is 10.4 Å². The van der Waals surface area contributed by atoms with Crippen LogP contribution in [-0.4, -0.2) is 51.9 Å². The fourth-order valence-corrected chi connectivity index (χ4v) is 5.73. The van der Waals surface area contributed by atoms with Gasteiger partial charge in [-0.1, -0.05) is 35.3 Å². The molecule has 0 atom stereocenters. The molecule has 1 aliphatic rings. The third-order valence-electron chi connectivity index (χ3n) is 5.66. The molecule has 0 unspecified atom stereocenters. The van der Waals surface area contributed by atoms with Gasteiger partial charge in [-0.15, -0.1) is 0 Å². The fraction of sp³-hybridized carbons (Fsp3) is 0.208. The van der Waals surface area contributed by atoms with E-state index in [1.165, 1.54) is 22.5 Å². The summed E-state index contributed by atoms with van der Waals surface area (Å²) in [5.74, 6) is -0.976. The van der Waals surface area contributed by atoms with Crippen LogP contribution in [0.2, 0.25) is 10.0 Å². The number of para-hydroxylation sites is 2. The molecule has 1 aliphatic heterocycles. The highest BCUT2D eigenvalue weighted by atomic mass is 35.5. The Bertz CT molecular complexity index is 1360. The number of hydrogen-bond donors (Lipinski definition) is 1. The van der Waals surface area contributed by atoms with Gasteiger partial charge in [-0.05, 0) is 48.5 Å². The number of hydrogen-bond acceptors (Lipinski definition) is 5. The first-order valence-electron chi connectivity index (χ1n) is 10.6. The first kappa shape index (κ1) is 25.2. The average Bonchev–Trinajstić information content (AvgIpc) is 2.86. The minimum absolute atomic E-state index is 0.169. The van der Waals surface area contributed by atoms with E-state index in [0.717, 1.165) is 23.9 Å². The zero-order valence-electron chi connectivity index (χ0n) is 18.7. The maximum Gasteiger partial charge on any atom is 0.258 e. The van der Waals surface area contributed by atoms with Gasteiger partial charge in [0.2, 0.25) is 10.0 Å². The summed E-state index contributed by atoms with van der Waals surface area (Å²) in [6.45, 7) is 1.34. The van der Waals surface area contributed by atoms with E-state index in [4.69, 9.17) is 27.9 Å². The third-order valence-corrected chi connectivity index (χ3v) is 8.11. The van der Waals surface area contributed by atoms with Gasteiger partial charge in [0, 0.05) is 31.2 Å². The van der Waals surface area contributed by atoms with Gasteiger partial charge in [0.15, 0.2) is 0 Å². The molecule has 35 heavy (non-hydrogen) atoms.